The number of nitrogens with zero attached hydrogens (tertiary/aromatic N) is 1. The molecule has 1 saturated heterocycles. The van der Waals surface area contributed by atoms with Crippen molar-refractivity contribution in [1.29, 1.82) is 0 Å². The maximum Gasteiger partial charge on any atom is 0.109 e. The molecule has 3 aliphatic carbocycles. The number of hydrogen-bond donors (Lipinski definition) is 4. The molecule has 0 aromatic rings. The van der Waals surface area contributed by atoms with Gasteiger partial charge in [-0.15, -0.1) is 0 Å². The largest absolute Gasteiger partial charge is 0.395 e. The average molecular weight is 285 g/mol. The zero-order chi connectivity index (χ0) is 14.7. The number of rotatable bonds is 2. The molecule has 0 aromatic carbocycles. The van der Waals surface area contributed by atoms with Crippen molar-refractivity contribution in [2.75, 3.05) is 13.2 Å². The molecule has 5 heteroatoms. The minimum absolute atomic E-state index is 0.183. The van der Waals surface area contributed by atoms with Gasteiger partial charge in [-0.25, -0.2) is 0 Å². The molecule has 0 radical (unpaired) electrons. The highest BCUT2D eigenvalue weighted by Gasteiger charge is 2.57. The molecule has 116 valence electrons. The van der Waals surface area contributed by atoms with Crippen molar-refractivity contribution < 1.29 is 20.4 Å². The van der Waals surface area contributed by atoms with Crippen LogP contribution in [0.4, 0.5) is 0 Å². The van der Waals surface area contributed by atoms with Crippen molar-refractivity contribution in [3.05, 3.63) is 0 Å². The van der Waals surface area contributed by atoms with Gasteiger partial charge in [0.25, 0.3) is 0 Å². The molecular formula is C15H27NO4. The molecule has 1 heterocycles. The molecule has 4 N–H and O–H groups in total. The van der Waals surface area contributed by atoms with Crippen molar-refractivity contribution in [3.8, 4) is 0 Å². The summed E-state index contributed by atoms with van der Waals surface area (Å²) in [6, 6.07) is -0.171. The Morgan fingerprint density at radius 1 is 1.10 bits per heavy atom. The topological polar surface area (TPSA) is 84.2 Å². The van der Waals surface area contributed by atoms with E-state index in [1.807, 2.05) is 0 Å². The fourth-order valence-electron chi connectivity index (χ4n) is 4.87. The Bertz CT molecular complexity index is 373. The lowest BCUT2D eigenvalue weighted by Gasteiger charge is -2.63. The second-order valence-electron chi connectivity index (χ2n) is 7.50. The summed E-state index contributed by atoms with van der Waals surface area (Å²) in [5.74, 6) is 1.35. The molecule has 1 aliphatic heterocycles. The molecule has 4 rings (SSSR count). The van der Waals surface area contributed by atoms with Crippen LogP contribution < -0.4 is 0 Å². The summed E-state index contributed by atoms with van der Waals surface area (Å²) in [6.07, 6.45) is 0.274. The first-order valence-corrected chi connectivity index (χ1v) is 7.78. The van der Waals surface area contributed by atoms with E-state index in [0.717, 1.165) is 12.3 Å². The lowest BCUT2D eigenvalue weighted by molar-refractivity contribution is -0.192. The molecular weight excluding hydrogens is 258 g/mol. The lowest BCUT2D eigenvalue weighted by atomic mass is 9.47. The van der Waals surface area contributed by atoms with Gasteiger partial charge in [-0.05, 0) is 36.5 Å². The fraction of sp³-hybridized carbons (Fsp3) is 1.00. The summed E-state index contributed by atoms with van der Waals surface area (Å²) in [6.45, 7) is 4.76. The van der Waals surface area contributed by atoms with Gasteiger partial charge in [-0.1, -0.05) is 13.8 Å². The predicted octanol–water partition coefficient (Wildman–Crippen LogP) is -0.430. The number of piperidine rings is 1. The molecule has 0 aromatic heterocycles. The van der Waals surface area contributed by atoms with E-state index in [-0.39, 0.29) is 6.61 Å². The smallest absolute Gasteiger partial charge is 0.109 e. The van der Waals surface area contributed by atoms with Crippen LogP contribution in [0, 0.1) is 17.3 Å². The number of aliphatic hydroxyl groups excluding tert-OH is 4. The normalized spacial score (nSPS) is 51.6. The number of likely N-dealkylation sites (tertiary alicyclic amines) is 1. The molecule has 4 fully saturated rings. The number of β-amino-alcohol motifs (C(OH)–C–C–N with tert-alkyl or cyclic N) is 1. The van der Waals surface area contributed by atoms with E-state index in [9.17, 15) is 20.4 Å². The van der Waals surface area contributed by atoms with Crippen molar-refractivity contribution in [1.82, 2.24) is 4.90 Å². The maximum absolute atomic E-state index is 10.1. The first-order valence-electron chi connectivity index (χ1n) is 7.78. The molecule has 2 bridgehead atoms. The average Bonchev–Trinajstić information content (AvgIpc) is 2.44. The Labute approximate surface area is 120 Å². The highest BCUT2D eigenvalue weighted by Crippen LogP contribution is 2.60. The molecule has 7 atom stereocenters. The van der Waals surface area contributed by atoms with Crippen molar-refractivity contribution in [3.63, 3.8) is 0 Å². The summed E-state index contributed by atoms with van der Waals surface area (Å²) in [5, 5.41) is 39.5. The molecule has 4 aliphatic rings. The second kappa shape index (κ2) is 4.92. The molecule has 20 heavy (non-hydrogen) atoms. The highest BCUT2D eigenvalue weighted by molar-refractivity contribution is 5.09. The monoisotopic (exact) mass is 285 g/mol. The SMILES string of the molecule is CC1(C)C2CCC(N3C[C@H](O)[C@@H](O)[C@H](O)[C@H]3CO)C1C2. The van der Waals surface area contributed by atoms with E-state index < -0.39 is 24.4 Å². The van der Waals surface area contributed by atoms with Crippen LogP contribution in [0.5, 0.6) is 0 Å². The summed E-state index contributed by atoms with van der Waals surface area (Å²) in [7, 11) is 0. The van der Waals surface area contributed by atoms with Crippen LogP contribution in [0.2, 0.25) is 0 Å². The standard InChI is InChI=1S/C15H27NO4/c1-15(2)8-3-4-10(9(15)5-8)16-6-12(18)14(20)13(19)11(16)7-17/h8-14,17-20H,3-7H2,1-2H3/t8?,9?,10?,11-,12+,13-,14-/m1/s1. The summed E-state index contributed by atoms with van der Waals surface area (Å²) in [5.41, 5.74) is 0.314. The Hall–Kier alpha value is -0.200. The molecule has 0 spiro atoms. The van der Waals surface area contributed by atoms with Crippen molar-refractivity contribution >= 4 is 0 Å². The first-order chi connectivity index (χ1) is 9.37. The zero-order valence-corrected chi connectivity index (χ0v) is 12.3. The van der Waals surface area contributed by atoms with Crippen LogP contribution in [-0.2, 0) is 0 Å². The van der Waals surface area contributed by atoms with Gasteiger partial charge in [0.05, 0.1) is 18.8 Å². The Morgan fingerprint density at radius 3 is 2.35 bits per heavy atom. The van der Waals surface area contributed by atoms with Crippen LogP contribution in [0.25, 0.3) is 0 Å². The van der Waals surface area contributed by atoms with Gasteiger partial charge in [-0.3, -0.25) is 4.90 Å². The summed E-state index contributed by atoms with van der Waals surface area (Å²) >= 11 is 0. The Morgan fingerprint density at radius 2 is 1.80 bits per heavy atom. The van der Waals surface area contributed by atoms with Gasteiger partial charge in [0.1, 0.15) is 12.2 Å². The fourth-order valence-corrected chi connectivity index (χ4v) is 4.87. The van der Waals surface area contributed by atoms with Crippen LogP contribution in [0.3, 0.4) is 0 Å². The van der Waals surface area contributed by atoms with E-state index in [1.54, 1.807) is 0 Å². The first kappa shape index (κ1) is 14.7. The summed E-state index contributed by atoms with van der Waals surface area (Å²) < 4.78 is 0. The molecule has 5 nitrogen and oxygen atoms in total. The van der Waals surface area contributed by atoms with E-state index in [2.05, 4.69) is 18.7 Å². The van der Waals surface area contributed by atoms with E-state index in [0.29, 0.717) is 23.9 Å². The van der Waals surface area contributed by atoms with Crippen molar-refractivity contribution in [2.45, 2.75) is 63.5 Å². The zero-order valence-electron chi connectivity index (χ0n) is 12.3. The Kier molecular flexibility index (Phi) is 3.62. The third kappa shape index (κ3) is 1.95. The van der Waals surface area contributed by atoms with Gasteiger partial charge < -0.3 is 20.4 Å². The number of aliphatic hydroxyl groups is 4. The minimum atomic E-state index is -1.16. The Balaban J connectivity index is 1.81. The van der Waals surface area contributed by atoms with Gasteiger partial charge >= 0.3 is 0 Å². The van der Waals surface area contributed by atoms with Crippen LogP contribution in [0.1, 0.15) is 33.1 Å². The molecule has 3 saturated carbocycles. The molecule has 0 amide bonds. The minimum Gasteiger partial charge on any atom is -0.395 e. The number of fused-ring (bicyclic) bond motifs is 2. The maximum atomic E-state index is 10.1. The number of hydrogen-bond acceptors (Lipinski definition) is 5. The highest BCUT2D eigenvalue weighted by atomic mass is 16.4. The van der Waals surface area contributed by atoms with E-state index >= 15 is 0 Å². The van der Waals surface area contributed by atoms with Crippen LogP contribution in [0.15, 0.2) is 0 Å². The van der Waals surface area contributed by atoms with Gasteiger partial charge in [0.15, 0.2) is 0 Å². The van der Waals surface area contributed by atoms with Gasteiger partial charge in [-0.2, -0.15) is 0 Å². The molecule has 3 unspecified atom stereocenters. The third-order valence-corrected chi connectivity index (χ3v) is 6.40. The van der Waals surface area contributed by atoms with Crippen LogP contribution >= 0.6 is 0 Å². The quantitative estimate of drug-likeness (QED) is 0.553. The van der Waals surface area contributed by atoms with Crippen molar-refractivity contribution in [2.24, 2.45) is 17.3 Å². The third-order valence-electron chi connectivity index (χ3n) is 6.40. The van der Waals surface area contributed by atoms with E-state index in [4.69, 9.17) is 0 Å². The van der Waals surface area contributed by atoms with Gasteiger partial charge in [0.2, 0.25) is 0 Å². The predicted molar refractivity (Wildman–Crippen MR) is 74.0 cm³/mol. The summed E-state index contributed by atoms with van der Waals surface area (Å²) in [4.78, 5) is 2.06. The van der Waals surface area contributed by atoms with Gasteiger partial charge in [0, 0.05) is 12.6 Å². The van der Waals surface area contributed by atoms with E-state index in [1.165, 1.54) is 12.8 Å². The van der Waals surface area contributed by atoms with Crippen LogP contribution in [-0.4, -0.2) is 68.9 Å². The lowest BCUT2D eigenvalue weighted by Crippen LogP contribution is -2.69. The second-order valence-corrected chi connectivity index (χ2v) is 7.50.